The molecule has 0 unspecified atom stereocenters. The Morgan fingerprint density at radius 3 is 2.79 bits per heavy atom. The second-order valence-corrected chi connectivity index (χ2v) is 4.59. The van der Waals surface area contributed by atoms with E-state index < -0.39 is 0 Å². The van der Waals surface area contributed by atoms with Crippen molar-refractivity contribution in [2.45, 2.75) is 13.1 Å². The van der Waals surface area contributed by atoms with Gasteiger partial charge >= 0.3 is 0 Å². The number of nitrogens with two attached hydrogens (primary N) is 1. The summed E-state index contributed by atoms with van der Waals surface area (Å²) >= 11 is 0. The van der Waals surface area contributed by atoms with Crippen molar-refractivity contribution in [1.82, 2.24) is 14.7 Å². The molecule has 0 aliphatic carbocycles. The van der Waals surface area contributed by atoms with Gasteiger partial charge in [-0.1, -0.05) is 24.3 Å². The molecule has 2 aromatic rings. The highest BCUT2D eigenvalue weighted by Crippen LogP contribution is 2.10. The highest BCUT2D eigenvalue weighted by Gasteiger charge is 2.13. The van der Waals surface area contributed by atoms with Crippen molar-refractivity contribution in [3.05, 3.63) is 53.3 Å². The number of carbonyl (C=O) groups excluding carboxylic acids is 1. The van der Waals surface area contributed by atoms with Gasteiger partial charge in [0.2, 0.25) is 0 Å². The van der Waals surface area contributed by atoms with Crippen molar-refractivity contribution in [3.8, 4) is 0 Å². The number of nitrogens with zero attached hydrogens (tertiary/aromatic N) is 3. The molecular weight excluding hydrogens is 240 g/mol. The fraction of sp³-hybridized carbons (Fsp3) is 0.286. The van der Waals surface area contributed by atoms with Gasteiger partial charge in [0.25, 0.3) is 5.91 Å². The number of hydrogen-bond acceptors (Lipinski definition) is 3. The number of carbonyl (C=O) groups is 1. The largest absolute Gasteiger partial charge is 0.337 e. The summed E-state index contributed by atoms with van der Waals surface area (Å²) in [5.74, 6) is -0.0359. The monoisotopic (exact) mass is 258 g/mol. The maximum Gasteiger partial charge on any atom is 0.257 e. The van der Waals surface area contributed by atoms with Gasteiger partial charge in [0, 0.05) is 33.4 Å². The van der Waals surface area contributed by atoms with Crippen molar-refractivity contribution in [3.63, 3.8) is 0 Å². The summed E-state index contributed by atoms with van der Waals surface area (Å²) in [5, 5.41) is 4.01. The van der Waals surface area contributed by atoms with Crippen LogP contribution in [-0.2, 0) is 20.1 Å². The van der Waals surface area contributed by atoms with Crippen LogP contribution in [0.3, 0.4) is 0 Å². The van der Waals surface area contributed by atoms with E-state index in [9.17, 15) is 4.79 Å². The van der Waals surface area contributed by atoms with E-state index in [2.05, 4.69) is 5.10 Å². The van der Waals surface area contributed by atoms with E-state index in [1.807, 2.05) is 24.3 Å². The van der Waals surface area contributed by atoms with Crippen LogP contribution >= 0.6 is 0 Å². The molecule has 5 nitrogen and oxygen atoms in total. The molecule has 0 aliphatic rings. The molecule has 0 fully saturated rings. The summed E-state index contributed by atoms with van der Waals surface area (Å²) in [6.07, 6.45) is 3.30. The lowest BCUT2D eigenvalue weighted by molar-refractivity contribution is 0.0785. The second-order valence-electron chi connectivity index (χ2n) is 4.59. The average Bonchev–Trinajstić information content (AvgIpc) is 2.84. The van der Waals surface area contributed by atoms with Gasteiger partial charge in [0.05, 0.1) is 11.8 Å². The molecule has 1 amide bonds. The third-order valence-electron chi connectivity index (χ3n) is 2.95. The van der Waals surface area contributed by atoms with Crippen LogP contribution in [-0.4, -0.2) is 27.6 Å². The molecule has 0 aliphatic heterocycles. The fourth-order valence-corrected chi connectivity index (χ4v) is 1.95. The van der Waals surface area contributed by atoms with Gasteiger partial charge < -0.3 is 10.6 Å². The van der Waals surface area contributed by atoms with E-state index in [4.69, 9.17) is 5.73 Å². The smallest absolute Gasteiger partial charge is 0.257 e. The molecule has 0 atom stereocenters. The summed E-state index contributed by atoms with van der Waals surface area (Å²) in [6, 6.07) is 7.95. The number of aryl methyl sites for hydroxylation is 1. The number of benzene rings is 1. The predicted molar refractivity (Wildman–Crippen MR) is 73.3 cm³/mol. The first-order valence-corrected chi connectivity index (χ1v) is 6.12. The second kappa shape index (κ2) is 5.67. The molecule has 2 rings (SSSR count). The zero-order valence-electron chi connectivity index (χ0n) is 11.2. The van der Waals surface area contributed by atoms with E-state index >= 15 is 0 Å². The minimum Gasteiger partial charge on any atom is -0.337 e. The molecule has 0 saturated heterocycles. The molecule has 100 valence electrons. The Labute approximate surface area is 112 Å². The van der Waals surface area contributed by atoms with Crippen molar-refractivity contribution in [1.29, 1.82) is 0 Å². The molecule has 0 bridgehead atoms. The first-order chi connectivity index (χ1) is 9.10. The van der Waals surface area contributed by atoms with Gasteiger partial charge in [0.1, 0.15) is 0 Å². The third kappa shape index (κ3) is 3.20. The van der Waals surface area contributed by atoms with E-state index in [-0.39, 0.29) is 5.91 Å². The van der Waals surface area contributed by atoms with Gasteiger partial charge in [-0.25, -0.2) is 0 Å². The van der Waals surface area contributed by atoms with Crippen molar-refractivity contribution < 1.29 is 4.79 Å². The topological polar surface area (TPSA) is 64.2 Å². The molecule has 5 heteroatoms. The molecule has 0 saturated carbocycles. The molecule has 1 aromatic heterocycles. The number of hydrogen-bond donors (Lipinski definition) is 1. The predicted octanol–water partition coefficient (Wildman–Crippen LogP) is 1.15. The normalized spacial score (nSPS) is 10.5. The van der Waals surface area contributed by atoms with Crippen molar-refractivity contribution in [2.24, 2.45) is 12.8 Å². The highest BCUT2D eigenvalue weighted by molar-refractivity contribution is 5.93. The first kappa shape index (κ1) is 13.3. The zero-order chi connectivity index (χ0) is 13.8. The zero-order valence-corrected chi connectivity index (χ0v) is 11.2. The summed E-state index contributed by atoms with van der Waals surface area (Å²) in [7, 11) is 3.58. The van der Waals surface area contributed by atoms with E-state index in [0.717, 1.165) is 11.1 Å². The van der Waals surface area contributed by atoms with E-state index in [1.165, 1.54) is 0 Å². The summed E-state index contributed by atoms with van der Waals surface area (Å²) in [6.45, 7) is 1.07. The summed E-state index contributed by atoms with van der Waals surface area (Å²) in [5.41, 5.74) is 8.35. The molecule has 0 radical (unpaired) electrons. The quantitative estimate of drug-likeness (QED) is 0.894. The fourth-order valence-electron chi connectivity index (χ4n) is 1.95. The maximum absolute atomic E-state index is 12.2. The molecule has 1 heterocycles. The third-order valence-corrected chi connectivity index (χ3v) is 2.95. The van der Waals surface area contributed by atoms with E-state index in [0.29, 0.717) is 18.7 Å². The van der Waals surface area contributed by atoms with Crippen molar-refractivity contribution >= 4 is 5.91 Å². The summed E-state index contributed by atoms with van der Waals surface area (Å²) < 4.78 is 1.62. The molecule has 19 heavy (non-hydrogen) atoms. The maximum atomic E-state index is 12.2. The molecule has 0 spiro atoms. The van der Waals surface area contributed by atoms with Crippen LogP contribution in [0.5, 0.6) is 0 Å². The van der Waals surface area contributed by atoms with Crippen LogP contribution < -0.4 is 5.73 Å². The van der Waals surface area contributed by atoms with Gasteiger partial charge in [0.15, 0.2) is 0 Å². The van der Waals surface area contributed by atoms with Gasteiger partial charge in [-0.2, -0.15) is 5.10 Å². The number of amides is 1. The standard InChI is InChI=1S/C14H18N4O/c1-17(14(19)13-8-16-18(2)10-13)9-12-5-3-4-11(6-12)7-15/h3-6,8,10H,7,9,15H2,1-2H3. The van der Waals surface area contributed by atoms with Crippen LogP contribution in [0.15, 0.2) is 36.7 Å². The Balaban J connectivity index is 2.07. The Morgan fingerprint density at radius 1 is 1.42 bits per heavy atom. The Hall–Kier alpha value is -2.14. The van der Waals surface area contributed by atoms with Crippen LogP contribution in [0.25, 0.3) is 0 Å². The van der Waals surface area contributed by atoms with Crippen molar-refractivity contribution in [2.75, 3.05) is 7.05 Å². The Bertz CT molecular complexity index is 576. The minimum absolute atomic E-state index is 0.0359. The van der Waals surface area contributed by atoms with Gasteiger partial charge in [-0.3, -0.25) is 9.48 Å². The van der Waals surface area contributed by atoms with E-state index in [1.54, 1.807) is 36.1 Å². The lowest BCUT2D eigenvalue weighted by Gasteiger charge is -2.16. The van der Waals surface area contributed by atoms with Crippen LogP contribution in [0.1, 0.15) is 21.5 Å². The van der Waals surface area contributed by atoms with Gasteiger partial charge in [-0.15, -0.1) is 0 Å². The summed E-state index contributed by atoms with van der Waals surface area (Å²) in [4.78, 5) is 13.8. The van der Waals surface area contributed by atoms with Crippen LogP contribution in [0.4, 0.5) is 0 Å². The van der Waals surface area contributed by atoms with Gasteiger partial charge in [-0.05, 0) is 11.1 Å². The Kier molecular flexibility index (Phi) is 3.97. The molecule has 1 aromatic carbocycles. The number of rotatable bonds is 4. The first-order valence-electron chi connectivity index (χ1n) is 6.12. The lowest BCUT2D eigenvalue weighted by Crippen LogP contribution is -2.25. The molecular formula is C14H18N4O. The Morgan fingerprint density at radius 2 is 2.16 bits per heavy atom. The minimum atomic E-state index is -0.0359. The number of aromatic nitrogens is 2. The van der Waals surface area contributed by atoms with Crippen LogP contribution in [0, 0.1) is 0 Å². The lowest BCUT2D eigenvalue weighted by atomic mass is 10.1. The highest BCUT2D eigenvalue weighted by atomic mass is 16.2. The average molecular weight is 258 g/mol. The van der Waals surface area contributed by atoms with Crippen LogP contribution in [0.2, 0.25) is 0 Å². The molecule has 2 N–H and O–H groups in total. The SMILES string of the molecule is CN(Cc1cccc(CN)c1)C(=O)c1cnn(C)c1.